The van der Waals surface area contributed by atoms with Crippen molar-refractivity contribution in [1.29, 1.82) is 0 Å². The van der Waals surface area contributed by atoms with E-state index in [4.69, 9.17) is 0 Å². The molecule has 4 heteroatoms. The molecule has 0 N–H and O–H groups in total. The van der Waals surface area contributed by atoms with Crippen LogP contribution in [0.25, 0.3) is 0 Å². The quantitative estimate of drug-likeness (QED) is 0.737. The summed E-state index contributed by atoms with van der Waals surface area (Å²) in [5.74, 6) is 0.675. The van der Waals surface area contributed by atoms with Gasteiger partial charge in [0.15, 0.2) is 0 Å². The molecule has 0 saturated carbocycles. The molecule has 0 aliphatic carbocycles. The first-order chi connectivity index (χ1) is 9.44. The number of piperidine rings is 1. The van der Waals surface area contributed by atoms with Crippen LogP contribution >= 0.6 is 16.1 Å². The van der Waals surface area contributed by atoms with Crippen LogP contribution in [0.1, 0.15) is 26.7 Å². The largest absolute Gasteiger partial charge is 0.309 e. The summed E-state index contributed by atoms with van der Waals surface area (Å²) < 4.78 is 15.8. The zero-order valence-corrected chi connectivity index (χ0v) is 13.9. The number of nitrogens with zero attached hydrogens (tertiary/aromatic N) is 2. The number of halogens is 2. The molecule has 0 atom stereocenters. The number of para-hydroxylation sites is 1. The third-order valence-corrected chi connectivity index (χ3v) is 4.46. The maximum Gasteiger partial charge on any atom is 0.118 e. The first kappa shape index (κ1) is 15.8. The number of likely N-dealkylation sites (tertiary alicyclic amines) is 1. The fourth-order valence-electron chi connectivity index (χ4n) is 2.78. The summed E-state index contributed by atoms with van der Waals surface area (Å²) >= 11 is 3.65. The summed E-state index contributed by atoms with van der Waals surface area (Å²) in [5, 5.41) is 0. The minimum atomic E-state index is -1.08. The van der Waals surface area contributed by atoms with Gasteiger partial charge in [-0.1, -0.05) is 18.2 Å². The Hall–Kier alpha value is -0.610. The van der Waals surface area contributed by atoms with Gasteiger partial charge in [-0.05, 0) is 57.8 Å². The summed E-state index contributed by atoms with van der Waals surface area (Å²) in [6.45, 7) is 6.90. The Labute approximate surface area is 130 Å². The maximum atomic E-state index is 13.6. The lowest BCUT2D eigenvalue weighted by Crippen LogP contribution is -2.42. The monoisotopic (exact) mass is 342 g/mol. The van der Waals surface area contributed by atoms with Crippen molar-refractivity contribution in [2.45, 2.75) is 32.4 Å². The van der Waals surface area contributed by atoms with Crippen LogP contribution in [-0.2, 0) is 0 Å². The second-order valence-corrected chi connectivity index (χ2v) is 7.17. The zero-order chi connectivity index (χ0) is 14.6. The van der Waals surface area contributed by atoms with Crippen LogP contribution in [0, 0.1) is 5.92 Å². The van der Waals surface area contributed by atoms with Gasteiger partial charge >= 0.3 is 0 Å². The van der Waals surface area contributed by atoms with Crippen molar-refractivity contribution < 1.29 is 4.39 Å². The van der Waals surface area contributed by atoms with Crippen molar-refractivity contribution in [1.82, 2.24) is 4.90 Å². The Morgan fingerprint density at radius 2 is 1.85 bits per heavy atom. The number of alkyl halides is 1. The molecule has 0 radical (unpaired) electrons. The average Bonchev–Trinajstić information content (AvgIpc) is 2.40. The van der Waals surface area contributed by atoms with Crippen LogP contribution < -0.4 is 3.93 Å². The highest BCUT2D eigenvalue weighted by atomic mass is 79.9. The maximum absolute atomic E-state index is 13.6. The fourth-order valence-corrected chi connectivity index (χ4v) is 3.43. The van der Waals surface area contributed by atoms with Crippen molar-refractivity contribution in [3.63, 3.8) is 0 Å². The predicted octanol–water partition coefficient (Wildman–Crippen LogP) is 4.26. The van der Waals surface area contributed by atoms with Crippen LogP contribution in [0.2, 0.25) is 0 Å². The Morgan fingerprint density at radius 3 is 2.40 bits per heavy atom. The van der Waals surface area contributed by atoms with Gasteiger partial charge in [0, 0.05) is 34.9 Å². The Bertz CT molecular complexity index is 397. The molecule has 2 nitrogen and oxygen atoms in total. The summed E-state index contributed by atoms with van der Waals surface area (Å²) in [6.07, 6.45) is 2.29. The van der Waals surface area contributed by atoms with E-state index in [0.717, 1.165) is 32.5 Å². The SMILES string of the molecule is CC(C)(F)CN1CCC(CN(Br)c2ccccc2)CC1. The lowest BCUT2D eigenvalue weighted by atomic mass is 9.95. The molecule has 112 valence electrons. The van der Waals surface area contributed by atoms with Crippen LogP contribution in [-0.4, -0.2) is 36.7 Å². The van der Waals surface area contributed by atoms with Crippen molar-refractivity contribution >= 4 is 21.8 Å². The third-order valence-electron chi connectivity index (χ3n) is 3.76. The van der Waals surface area contributed by atoms with Gasteiger partial charge in [-0.15, -0.1) is 0 Å². The van der Waals surface area contributed by atoms with E-state index in [0.29, 0.717) is 12.5 Å². The molecule has 1 aromatic carbocycles. The standard InChI is InChI=1S/C16H24BrFN2/c1-16(2,18)13-19-10-8-14(9-11-19)12-20(17)15-6-4-3-5-7-15/h3-7,14H,8-13H2,1-2H3. The molecular weight excluding hydrogens is 319 g/mol. The van der Waals surface area contributed by atoms with Crippen LogP contribution in [0.5, 0.6) is 0 Å². The van der Waals surface area contributed by atoms with Crippen LogP contribution in [0.3, 0.4) is 0 Å². The van der Waals surface area contributed by atoms with E-state index in [1.807, 2.05) is 6.07 Å². The fraction of sp³-hybridized carbons (Fsp3) is 0.625. The minimum Gasteiger partial charge on any atom is -0.309 e. The molecule has 1 aliphatic rings. The van der Waals surface area contributed by atoms with Gasteiger partial charge in [0.05, 0.1) is 0 Å². The molecule has 0 amide bonds. The van der Waals surface area contributed by atoms with Crippen LogP contribution in [0.15, 0.2) is 30.3 Å². The lowest BCUT2D eigenvalue weighted by molar-refractivity contribution is 0.0973. The molecular formula is C16H24BrFN2. The number of rotatable bonds is 5. The Kier molecular flexibility index (Phi) is 5.44. The average molecular weight is 343 g/mol. The summed E-state index contributed by atoms with van der Waals surface area (Å²) in [7, 11) is 0. The second kappa shape index (κ2) is 6.90. The Balaban J connectivity index is 1.77. The molecule has 1 saturated heterocycles. The summed E-state index contributed by atoms with van der Waals surface area (Å²) in [4.78, 5) is 2.25. The first-order valence-corrected chi connectivity index (χ1v) is 8.04. The van der Waals surface area contributed by atoms with E-state index in [-0.39, 0.29) is 0 Å². The highest BCUT2D eigenvalue weighted by molar-refractivity contribution is 9.10. The molecule has 0 unspecified atom stereocenters. The molecule has 1 fully saturated rings. The predicted molar refractivity (Wildman–Crippen MR) is 87.1 cm³/mol. The normalized spacial score (nSPS) is 18.2. The first-order valence-electron chi connectivity index (χ1n) is 7.34. The number of anilines is 1. The minimum absolute atomic E-state index is 0.552. The van der Waals surface area contributed by atoms with Crippen LogP contribution in [0.4, 0.5) is 10.1 Å². The van der Waals surface area contributed by atoms with Crippen molar-refractivity contribution in [3.05, 3.63) is 30.3 Å². The molecule has 0 spiro atoms. The summed E-state index contributed by atoms with van der Waals surface area (Å²) in [5.41, 5.74) is 0.109. The van der Waals surface area contributed by atoms with Crippen molar-refractivity contribution in [2.75, 3.05) is 30.1 Å². The molecule has 1 aromatic rings. The summed E-state index contributed by atoms with van der Waals surface area (Å²) in [6, 6.07) is 10.3. The third kappa shape index (κ3) is 5.06. The highest BCUT2D eigenvalue weighted by Crippen LogP contribution is 2.25. The van der Waals surface area contributed by atoms with Gasteiger partial charge in [-0.2, -0.15) is 0 Å². The molecule has 0 bridgehead atoms. The van der Waals surface area contributed by atoms with Gasteiger partial charge in [-0.3, -0.25) is 0 Å². The second-order valence-electron chi connectivity index (χ2n) is 6.32. The van der Waals surface area contributed by atoms with E-state index in [1.165, 1.54) is 5.69 Å². The molecule has 20 heavy (non-hydrogen) atoms. The highest BCUT2D eigenvalue weighted by Gasteiger charge is 2.25. The smallest absolute Gasteiger partial charge is 0.118 e. The van der Waals surface area contributed by atoms with Crippen molar-refractivity contribution in [3.8, 4) is 0 Å². The van der Waals surface area contributed by atoms with E-state index < -0.39 is 5.67 Å². The van der Waals surface area contributed by atoms with E-state index in [1.54, 1.807) is 13.8 Å². The zero-order valence-electron chi connectivity index (χ0n) is 12.4. The van der Waals surface area contributed by atoms with Gasteiger partial charge in [-0.25, -0.2) is 4.39 Å². The van der Waals surface area contributed by atoms with Gasteiger partial charge in [0.25, 0.3) is 0 Å². The molecule has 1 aliphatic heterocycles. The van der Waals surface area contributed by atoms with E-state index >= 15 is 0 Å². The number of hydrogen-bond acceptors (Lipinski definition) is 2. The van der Waals surface area contributed by atoms with Crippen molar-refractivity contribution in [2.24, 2.45) is 5.92 Å². The molecule has 1 heterocycles. The van der Waals surface area contributed by atoms with Gasteiger partial charge in [0.1, 0.15) is 5.67 Å². The molecule has 0 aromatic heterocycles. The van der Waals surface area contributed by atoms with E-state index in [2.05, 4.69) is 49.2 Å². The lowest BCUT2D eigenvalue weighted by Gasteiger charge is -2.35. The van der Waals surface area contributed by atoms with Gasteiger partial charge in [0.2, 0.25) is 0 Å². The number of hydrogen-bond donors (Lipinski definition) is 0. The topological polar surface area (TPSA) is 6.48 Å². The Morgan fingerprint density at radius 1 is 1.25 bits per heavy atom. The van der Waals surface area contributed by atoms with E-state index in [9.17, 15) is 4.39 Å². The number of benzene rings is 1. The molecule has 2 rings (SSSR count). The van der Waals surface area contributed by atoms with Gasteiger partial charge < -0.3 is 8.83 Å².